The smallest absolute Gasteiger partial charge is 0.0328 e. The molecule has 21 heavy (non-hydrogen) atoms. The Labute approximate surface area is 128 Å². The first-order valence-corrected chi connectivity index (χ1v) is 8.14. The molecule has 1 aliphatic rings. The molecule has 0 spiro atoms. The molecule has 0 radical (unpaired) electrons. The number of hydrogen-bond donors (Lipinski definition) is 1. The highest BCUT2D eigenvalue weighted by Gasteiger charge is 2.20. The Bertz CT molecular complexity index is 585. The Morgan fingerprint density at radius 2 is 1.76 bits per heavy atom. The molecule has 0 fully saturated rings. The molecule has 0 saturated heterocycles. The average molecular weight is 279 g/mol. The molecule has 1 heteroatoms. The second kappa shape index (κ2) is 6.44. The number of hydrogen-bond acceptors (Lipinski definition) is 1. The number of aryl methyl sites for hydroxylation is 2. The molecule has 0 bridgehead atoms. The minimum absolute atomic E-state index is 0.391. The van der Waals surface area contributed by atoms with E-state index in [2.05, 4.69) is 67.7 Å². The zero-order valence-corrected chi connectivity index (χ0v) is 13.1. The molecule has 3 rings (SSSR count). The second-order valence-electron chi connectivity index (χ2n) is 6.30. The van der Waals surface area contributed by atoms with Crippen molar-refractivity contribution in [3.05, 3.63) is 70.8 Å². The van der Waals surface area contributed by atoms with E-state index >= 15 is 0 Å². The number of fused-ring (bicyclic) bond motifs is 1. The minimum Gasteiger partial charge on any atom is -0.303 e. The molecule has 2 aromatic rings. The molecule has 1 unspecified atom stereocenters. The van der Waals surface area contributed by atoms with Crippen molar-refractivity contribution in [2.24, 2.45) is 0 Å². The zero-order valence-electron chi connectivity index (χ0n) is 13.1. The van der Waals surface area contributed by atoms with Gasteiger partial charge >= 0.3 is 0 Å². The lowest BCUT2D eigenvalue weighted by atomic mass is 9.97. The molecule has 1 nitrogen and oxygen atoms in total. The van der Waals surface area contributed by atoms with E-state index in [4.69, 9.17) is 0 Å². The quantitative estimate of drug-likeness (QED) is 0.769. The van der Waals surface area contributed by atoms with Gasteiger partial charge in [-0.15, -0.1) is 0 Å². The third-order valence-corrected chi connectivity index (χ3v) is 4.65. The van der Waals surface area contributed by atoms with Crippen LogP contribution in [0.2, 0.25) is 0 Å². The summed E-state index contributed by atoms with van der Waals surface area (Å²) in [6, 6.07) is 18.7. The third-order valence-electron chi connectivity index (χ3n) is 4.65. The summed E-state index contributed by atoms with van der Waals surface area (Å²) in [6.07, 6.45) is 5.10. The van der Waals surface area contributed by atoms with Gasteiger partial charge in [0.05, 0.1) is 0 Å². The molecule has 1 aliphatic carbocycles. The van der Waals surface area contributed by atoms with Crippen LogP contribution in [0, 0.1) is 6.92 Å². The maximum Gasteiger partial charge on any atom is 0.0328 e. The van der Waals surface area contributed by atoms with Crippen molar-refractivity contribution in [2.75, 3.05) is 0 Å². The maximum atomic E-state index is 3.85. The van der Waals surface area contributed by atoms with Crippen LogP contribution >= 0.6 is 0 Å². The van der Waals surface area contributed by atoms with E-state index in [0.29, 0.717) is 12.1 Å². The molecule has 1 N–H and O–H groups in total. The summed E-state index contributed by atoms with van der Waals surface area (Å²) >= 11 is 0. The molecule has 2 aromatic carbocycles. The number of benzene rings is 2. The van der Waals surface area contributed by atoms with Crippen molar-refractivity contribution in [2.45, 2.75) is 51.6 Å². The summed E-state index contributed by atoms with van der Waals surface area (Å²) in [5, 5.41) is 3.85. The molecule has 0 amide bonds. The first-order chi connectivity index (χ1) is 10.2. The lowest BCUT2D eigenvalue weighted by Crippen LogP contribution is -2.25. The fraction of sp³-hybridized carbons (Fsp3) is 0.400. The number of nitrogens with one attached hydrogen (secondary N) is 1. The predicted octanol–water partition coefficient (Wildman–Crippen LogP) is 5.11. The maximum absolute atomic E-state index is 3.85. The SMILES string of the molecule is Cc1ccc([C@@H](C)NC2CCCCc3ccccc32)cc1. The van der Waals surface area contributed by atoms with Gasteiger partial charge in [-0.05, 0) is 49.8 Å². The summed E-state index contributed by atoms with van der Waals surface area (Å²) in [4.78, 5) is 0. The van der Waals surface area contributed by atoms with Crippen LogP contribution in [-0.4, -0.2) is 0 Å². The molecule has 0 saturated carbocycles. The van der Waals surface area contributed by atoms with Crippen LogP contribution in [0.1, 0.15) is 60.5 Å². The van der Waals surface area contributed by atoms with Crippen LogP contribution in [0.5, 0.6) is 0 Å². The molecular formula is C20H25N. The van der Waals surface area contributed by atoms with E-state index in [1.807, 2.05) is 0 Å². The van der Waals surface area contributed by atoms with Crippen molar-refractivity contribution >= 4 is 0 Å². The summed E-state index contributed by atoms with van der Waals surface area (Å²) in [5.74, 6) is 0. The van der Waals surface area contributed by atoms with Gasteiger partial charge in [-0.3, -0.25) is 0 Å². The van der Waals surface area contributed by atoms with E-state index in [9.17, 15) is 0 Å². The Hall–Kier alpha value is -1.60. The highest BCUT2D eigenvalue weighted by atomic mass is 14.9. The highest BCUT2D eigenvalue weighted by molar-refractivity contribution is 5.32. The normalized spacial score (nSPS) is 19.6. The van der Waals surface area contributed by atoms with Crippen LogP contribution < -0.4 is 5.32 Å². The van der Waals surface area contributed by atoms with E-state index in [0.717, 1.165) is 0 Å². The van der Waals surface area contributed by atoms with Gasteiger partial charge in [0.25, 0.3) is 0 Å². The van der Waals surface area contributed by atoms with Crippen LogP contribution in [0.4, 0.5) is 0 Å². The monoisotopic (exact) mass is 279 g/mol. The van der Waals surface area contributed by atoms with Crippen molar-refractivity contribution in [3.8, 4) is 0 Å². The van der Waals surface area contributed by atoms with Gasteiger partial charge in [0.2, 0.25) is 0 Å². The molecule has 2 atom stereocenters. The molecular weight excluding hydrogens is 254 g/mol. The van der Waals surface area contributed by atoms with E-state index in [-0.39, 0.29) is 0 Å². The Kier molecular flexibility index (Phi) is 4.40. The van der Waals surface area contributed by atoms with Gasteiger partial charge in [0.15, 0.2) is 0 Å². The summed E-state index contributed by atoms with van der Waals surface area (Å²) < 4.78 is 0. The molecule has 0 heterocycles. The Balaban J connectivity index is 1.79. The van der Waals surface area contributed by atoms with Crippen LogP contribution in [0.25, 0.3) is 0 Å². The lowest BCUT2D eigenvalue weighted by Gasteiger charge is -2.24. The van der Waals surface area contributed by atoms with Gasteiger partial charge in [-0.1, -0.05) is 60.5 Å². The highest BCUT2D eigenvalue weighted by Crippen LogP contribution is 2.30. The first kappa shape index (κ1) is 14.3. The fourth-order valence-electron chi connectivity index (χ4n) is 3.35. The van der Waals surface area contributed by atoms with Crippen LogP contribution in [-0.2, 0) is 6.42 Å². The van der Waals surface area contributed by atoms with Gasteiger partial charge in [0, 0.05) is 12.1 Å². The molecule has 0 aromatic heterocycles. The van der Waals surface area contributed by atoms with E-state index < -0.39 is 0 Å². The van der Waals surface area contributed by atoms with Gasteiger partial charge in [-0.25, -0.2) is 0 Å². The second-order valence-corrected chi connectivity index (χ2v) is 6.30. The van der Waals surface area contributed by atoms with Gasteiger partial charge in [-0.2, -0.15) is 0 Å². The van der Waals surface area contributed by atoms with Crippen molar-refractivity contribution < 1.29 is 0 Å². The Morgan fingerprint density at radius 1 is 1.00 bits per heavy atom. The molecule has 110 valence electrons. The standard InChI is InChI=1S/C20H25N/c1-15-11-13-17(14-12-15)16(2)21-20-10-6-4-8-18-7-3-5-9-19(18)20/h3,5,7,9,11-14,16,20-21H,4,6,8,10H2,1-2H3/t16-,20?/m1/s1. The van der Waals surface area contributed by atoms with E-state index in [1.165, 1.54) is 47.9 Å². The lowest BCUT2D eigenvalue weighted by molar-refractivity contribution is 0.437. The van der Waals surface area contributed by atoms with Gasteiger partial charge < -0.3 is 5.32 Å². The van der Waals surface area contributed by atoms with Crippen LogP contribution in [0.3, 0.4) is 0 Å². The summed E-state index contributed by atoms with van der Waals surface area (Å²) in [5.41, 5.74) is 5.74. The summed E-state index contributed by atoms with van der Waals surface area (Å²) in [7, 11) is 0. The van der Waals surface area contributed by atoms with E-state index in [1.54, 1.807) is 0 Å². The first-order valence-electron chi connectivity index (χ1n) is 8.14. The Morgan fingerprint density at radius 3 is 2.57 bits per heavy atom. The minimum atomic E-state index is 0.391. The summed E-state index contributed by atoms with van der Waals surface area (Å²) in [6.45, 7) is 4.42. The molecule has 0 aliphatic heterocycles. The van der Waals surface area contributed by atoms with Crippen LogP contribution in [0.15, 0.2) is 48.5 Å². The fourth-order valence-corrected chi connectivity index (χ4v) is 3.35. The third kappa shape index (κ3) is 3.36. The predicted molar refractivity (Wildman–Crippen MR) is 89.5 cm³/mol. The van der Waals surface area contributed by atoms with Gasteiger partial charge in [0.1, 0.15) is 0 Å². The van der Waals surface area contributed by atoms with Crippen molar-refractivity contribution in [3.63, 3.8) is 0 Å². The largest absolute Gasteiger partial charge is 0.303 e. The van der Waals surface area contributed by atoms with Crippen molar-refractivity contribution in [1.29, 1.82) is 0 Å². The number of rotatable bonds is 3. The average Bonchev–Trinajstić information content (AvgIpc) is 2.71. The zero-order chi connectivity index (χ0) is 14.7. The van der Waals surface area contributed by atoms with Crippen molar-refractivity contribution in [1.82, 2.24) is 5.32 Å². The topological polar surface area (TPSA) is 12.0 Å².